The maximum atomic E-state index is 12.1. The lowest BCUT2D eigenvalue weighted by Gasteiger charge is -2.15. The zero-order chi connectivity index (χ0) is 35.6. The van der Waals surface area contributed by atoms with Crippen molar-refractivity contribution in [2.45, 2.75) is 174 Å². The number of aliphatic hydroxyl groups is 1. The number of hydrogen-bond acceptors (Lipinski definition) is 4. The predicted octanol–water partition coefficient (Wildman–Crippen LogP) is 13.2. The molecule has 0 fully saturated rings. The van der Waals surface area contributed by atoms with Gasteiger partial charge in [-0.25, -0.2) is 0 Å². The molecule has 1 unspecified atom stereocenters. The Morgan fingerprint density at radius 1 is 0.510 bits per heavy atom. The van der Waals surface area contributed by atoms with E-state index in [9.17, 15) is 9.90 Å². The normalized spacial score (nSPS) is 13.3. The molecule has 49 heavy (non-hydrogen) atoms. The highest BCUT2D eigenvalue weighted by atomic mass is 16.6. The highest BCUT2D eigenvalue weighted by Crippen LogP contribution is 2.11. The molecular weight excluding hydrogens is 604 g/mol. The molecule has 1 N–H and O–H groups in total. The van der Waals surface area contributed by atoms with Crippen molar-refractivity contribution in [2.24, 2.45) is 0 Å². The number of ether oxygens (including phenoxy) is 2. The molecule has 0 rings (SSSR count). The summed E-state index contributed by atoms with van der Waals surface area (Å²) in [6.07, 6.45) is 57.8. The van der Waals surface area contributed by atoms with Crippen molar-refractivity contribution in [3.8, 4) is 0 Å². The maximum Gasteiger partial charge on any atom is 0.306 e. The summed E-state index contributed by atoms with van der Waals surface area (Å²) >= 11 is 0. The second kappa shape index (κ2) is 41.7. The molecule has 4 nitrogen and oxygen atoms in total. The summed E-state index contributed by atoms with van der Waals surface area (Å²) in [5.74, 6) is -0.220. The Morgan fingerprint density at radius 3 is 1.41 bits per heavy atom. The van der Waals surface area contributed by atoms with Gasteiger partial charge in [-0.15, -0.1) is 0 Å². The number of rotatable bonds is 36. The van der Waals surface area contributed by atoms with Crippen LogP contribution in [0, 0.1) is 0 Å². The summed E-state index contributed by atoms with van der Waals surface area (Å²) in [5, 5.41) is 9.56. The summed E-state index contributed by atoms with van der Waals surface area (Å²) in [6.45, 7) is 5.14. The fourth-order valence-corrected chi connectivity index (χ4v) is 5.19. The minimum Gasteiger partial charge on any atom is -0.457 e. The number of unbranched alkanes of at least 4 members (excludes halogenated alkanes) is 14. The molecule has 0 aliphatic carbocycles. The van der Waals surface area contributed by atoms with Gasteiger partial charge in [-0.3, -0.25) is 4.79 Å². The lowest BCUT2D eigenvalue weighted by atomic mass is 10.1. The molecule has 280 valence electrons. The first kappa shape index (κ1) is 46.6. The van der Waals surface area contributed by atoms with Crippen LogP contribution in [0.15, 0.2) is 85.1 Å². The fourth-order valence-electron chi connectivity index (χ4n) is 5.19. The quantitative estimate of drug-likeness (QED) is 0.0406. The van der Waals surface area contributed by atoms with E-state index in [-0.39, 0.29) is 19.2 Å². The molecule has 0 aromatic carbocycles. The van der Waals surface area contributed by atoms with E-state index in [4.69, 9.17) is 9.47 Å². The molecule has 0 aliphatic heterocycles. The minimum absolute atomic E-state index is 0.184. The molecule has 0 amide bonds. The van der Waals surface area contributed by atoms with Gasteiger partial charge >= 0.3 is 5.97 Å². The van der Waals surface area contributed by atoms with Crippen LogP contribution >= 0.6 is 0 Å². The summed E-state index contributed by atoms with van der Waals surface area (Å²) < 4.78 is 11.1. The molecule has 0 saturated heterocycles. The monoisotopic (exact) mass is 681 g/mol. The molecule has 4 heteroatoms. The minimum atomic E-state index is -0.548. The molecule has 0 bridgehead atoms. The number of allylic oxidation sites excluding steroid dienone is 14. The number of esters is 1. The van der Waals surface area contributed by atoms with Gasteiger partial charge in [-0.2, -0.15) is 0 Å². The van der Waals surface area contributed by atoms with Crippen molar-refractivity contribution >= 4 is 5.97 Å². The molecule has 0 aromatic heterocycles. The summed E-state index contributed by atoms with van der Waals surface area (Å²) in [4.78, 5) is 12.1. The molecule has 0 aromatic rings. The van der Waals surface area contributed by atoms with Gasteiger partial charge < -0.3 is 14.6 Å². The molecule has 0 radical (unpaired) electrons. The first-order chi connectivity index (χ1) is 24.2. The standard InChI is InChI=1S/C45H76O4/c1-3-5-7-9-11-13-15-16-17-18-19-20-21-22-23-24-25-26-27-28-29-31-33-35-37-39-41-48-43-44(42-46)49-45(47)40-38-36-34-32-30-14-12-10-8-6-4-2/h5,7,10-13,16-17,19-20,22-23,25-26,44,46H,3-4,6,8-9,14-15,18,21,24,27-43H2,1-2H3/b7-5-,12-10-,13-11-,17-16-,20-19-,23-22-,26-25-. The van der Waals surface area contributed by atoms with E-state index < -0.39 is 6.10 Å². The Bertz CT molecular complexity index is 892. The van der Waals surface area contributed by atoms with E-state index >= 15 is 0 Å². The third-order valence-electron chi connectivity index (χ3n) is 8.20. The van der Waals surface area contributed by atoms with Crippen LogP contribution in [0.1, 0.15) is 168 Å². The van der Waals surface area contributed by atoms with Crippen molar-refractivity contribution in [1.29, 1.82) is 0 Å². The zero-order valence-electron chi connectivity index (χ0n) is 31.9. The van der Waals surface area contributed by atoms with Gasteiger partial charge in [-0.1, -0.05) is 163 Å². The number of carbonyl (C=O) groups is 1. The fraction of sp³-hybridized carbons (Fsp3) is 0.667. The third kappa shape index (κ3) is 39.9. The first-order valence-electron chi connectivity index (χ1n) is 20.2. The Kier molecular flexibility index (Phi) is 39.7. The van der Waals surface area contributed by atoms with Crippen LogP contribution in [0.4, 0.5) is 0 Å². The SMILES string of the molecule is CC/C=C\C/C=C\C/C=C\C/C=C\C/C=C\C/C=C\CCCCCCCCCOCC(CO)OC(=O)CCCCCCC/C=C\CCCC. The van der Waals surface area contributed by atoms with Crippen molar-refractivity contribution in [3.63, 3.8) is 0 Å². The van der Waals surface area contributed by atoms with Crippen LogP contribution in [0.3, 0.4) is 0 Å². The molecule has 1 atom stereocenters. The van der Waals surface area contributed by atoms with E-state index in [2.05, 4.69) is 98.9 Å². The van der Waals surface area contributed by atoms with E-state index in [0.717, 1.165) is 77.0 Å². The Morgan fingerprint density at radius 2 is 0.918 bits per heavy atom. The van der Waals surface area contributed by atoms with Gasteiger partial charge in [0.1, 0.15) is 6.10 Å². The topological polar surface area (TPSA) is 55.8 Å². The lowest BCUT2D eigenvalue weighted by Crippen LogP contribution is -2.27. The molecule has 0 saturated carbocycles. The van der Waals surface area contributed by atoms with Crippen LogP contribution in [0.25, 0.3) is 0 Å². The lowest BCUT2D eigenvalue weighted by molar-refractivity contribution is -0.154. The predicted molar refractivity (Wildman–Crippen MR) is 214 cm³/mol. The molecular formula is C45H76O4. The summed E-state index contributed by atoms with van der Waals surface area (Å²) in [5.41, 5.74) is 0. The smallest absolute Gasteiger partial charge is 0.306 e. The van der Waals surface area contributed by atoms with Crippen molar-refractivity contribution in [1.82, 2.24) is 0 Å². The number of carbonyl (C=O) groups excluding carboxylic acids is 1. The van der Waals surface area contributed by atoms with Crippen LogP contribution in [-0.4, -0.2) is 37.0 Å². The van der Waals surface area contributed by atoms with Crippen molar-refractivity contribution in [3.05, 3.63) is 85.1 Å². The van der Waals surface area contributed by atoms with E-state index in [1.165, 1.54) is 70.6 Å². The zero-order valence-corrected chi connectivity index (χ0v) is 31.9. The highest BCUT2D eigenvalue weighted by Gasteiger charge is 2.13. The van der Waals surface area contributed by atoms with Gasteiger partial charge in [0, 0.05) is 13.0 Å². The van der Waals surface area contributed by atoms with E-state index in [1.54, 1.807) is 0 Å². The van der Waals surface area contributed by atoms with Crippen LogP contribution in [0.2, 0.25) is 0 Å². The summed E-state index contributed by atoms with van der Waals surface area (Å²) in [7, 11) is 0. The van der Waals surface area contributed by atoms with Gasteiger partial charge in [0.2, 0.25) is 0 Å². The maximum absolute atomic E-state index is 12.1. The van der Waals surface area contributed by atoms with Crippen molar-refractivity contribution in [2.75, 3.05) is 19.8 Å². The van der Waals surface area contributed by atoms with Crippen LogP contribution in [-0.2, 0) is 14.3 Å². The Balaban J connectivity index is 3.52. The Labute approximate surface area is 303 Å². The van der Waals surface area contributed by atoms with Gasteiger partial charge in [-0.05, 0) is 83.5 Å². The molecule has 0 aliphatic rings. The average molecular weight is 681 g/mol. The second-order valence-corrected chi connectivity index (χ2v) is 13.0. The largest absolute Gasteiger partial charge is 0.457 e. The van der Waals surface area contributed by atoms with Gasteiger partial charge in [0.25, 0.3) is 0 Å². The number of aliphatic hydroxyl groups excluding tert-OH is 1. The molecule has 0 heterocycles. The van der Waals surface area contributed by atoms with E-state index in [1.807, 2.05) is 0 Å². The Hall–Kier alpha value is -2.43. The van der Waals surface area contributed by atoms with Gasteiger partial charge in [0.15, 0.2) is 0 Å². The summed E-state index contributed by atoms with van der Waals surface area (Å²) in [6, 6.07) is 0. The molecule has 0 spiro atoms. The van der Waals surface area contributed by atoms with Gasteiger partial charge in [0.05, 0.1) is 13.2 Å². The number of hydrogen-bond donors (Lipinski definition) is 1. The van der Waals surface area contributed by atoms with Crippen molar-refractivity contribution < 1.29 is 19.4 Å². The van der Waals surface area contributed by atoms with E-state index in [0.29, 0.717) is 13.0 Å². The van der Waals surface area contributed by atoms with Crippen LogP contribution < -0.4 is 0 Å². The average Bonchev–Trinajstić information content (AvgIpc) is 3.11. The van der Waals surface area contributed by atoms with Crippen LogP contribution in [0.5, 0.6) is 0 Å². The first-order valence-corrected chi connectivity index (χ1v) is 20.2. The highest BCUT2D eigenvalue weighted by molar-refractivity contribution is 5.69. The second-order valence-electron chi connectivity index (χ2n) is 13.0. The third-order valence-corrected chi connectivity index (χ3v) is 8.20.